The van der Waals surface area contributed by atoms with Crippen molar-refractivity contribution in [2.24, 2.45) is 11.3 Å². The van der Waals surface area contributed by atoms with Gasteiger partial charge in [0.2, 0.25) is 0 Å². The topological polar surface area (TPSA) is 20.1 Å². The van der Waals surface area contributed by atoms with Gasteiger partial charge in [-0.3, -0.25) is 4.90 Å². The molecule has 2 aliphatic rings. The fraction of sp³-hybridized carbons (Fsp3) is 0.929. The Labute approximate surface area is 99.4 Å². The molecule has 1 saturated carbocycles. The van der Waals surface area contributed by atoms with Crippen LogP contribution >= 0.6 is 0 Å². The van der Waals surface area contributed by atoms with Gasteiger partial charge >= 0.3 is 0 Å². The lowest BCUT2D eigenvalue weighted by molar-refractivity contribution is -0.117. The van der Waals surface area contributed by atoms with Crippen molar-refractivity contribution >= 4 is 6.29 Å². The Morgan fingerprint density at radius 2 is 1.75 bits per heavy atom. The van der Waals surface area contributed by atoms with Crippen LogP contribution in [-0.4, -0.2) is 28.8 Å². The summed E-state index contributed by atoms with van der Waals surface area (Å²) in [7, 11) is 0. The zero-order valence-corrected chi connectivity index (χ0v) is 11.3. The first-order valence-electron chi connectivity index (χ1n) is 6.54. The zero-order chi connectivity index (χ0) is 12.1. The molecule has 16 heavy (non-hydrogen) atoms. The van der Waals surface area contributed by atoms with Crippen LogP contribution < -0.4 is 0 Å². The van der Waals surface area contributed by atoms with Gasteiger partial charge in [-0.2, -0.15) is 0 Å². The quantitative estimate of drug-likeness (QED) is 0.530. The molecular weight excluding hydrogens is 198 g/mol. The highest BCUT2D eigenvalue weighted by Gasteiger charge is 2.60. The van der Waals surface area contributed by atoms with Gasteiger partial charge in [-0.1, -0.05) is 20.3 Å². The van der Waals surface area contributed by atoms with Crippen molar-refractivity contribution in [3.8, 4) is 0 Å². The minimum atomic E-state index is -0.149. The van der Waals surface area contributed by atoms with Crippen LogP contribution in [0.3, 0.4) is 0 Å². The molecule has 0 aromatic rings. The highest BCUT2D eigenvalue weighted by molar-refractivity contribution is 5.59. The van der Waals surface area contributed by atoms with Crippen LogP contribution in [0.5, 0.6) is 0 Å². The van der Waals surface area contributed by atoms with E-state index in [2.05, 4.69) is 39.5 Å². The van der Waals surface area contributed by atoms with E-state index in [0.717, 1.165) is 6.04 Å². The third-order valence-electron chi connectivity index (χ3n) is 4.44. The molecule has 0 bridgehead atoms. The van der Waals surface area contributed by atoms with Crippen LogP contribution in [0.25, 0.3) is 0 Å². The molecule has 1 aliphatic heterocycles. The van der Waals surface area contributed by atoms with E-state index in [1.54, 1.807) is 0 Å². The normalized spacial score (nSPS) is 39.1. The summed E-state index contributed by atoms with van der Waals surface area (Å²) in [6.07, 6.45) is 5.00. The largest absolute Gasteiger partial charge is 0.303 e. The first-order chi connectivity index (χ1) is 7.29. The monoisotopic (exact) mass is 223 g/mol. The molecule has 0 spiro atoms. The molecule has 2 heteroatoms. The number of nitrogens with zero attached hydrogens (tertiary/aromatic N) is 1. The Morgan fingerprint density at radius 1 is 1.12 bits per heavy atom. The van der Waals surface area contributed by atoms with E-state index >= 15 is 0 Å². The van der Waals surface area contributed by atoms with Gasteiger partial charge in [0.15, 0.2) is 0 Å². The minimum absolute atomic E-state index is 0.149. The van der Waals surface area contributed by atoms with Crippen molar-refractivity contribution in [3.05, 3.63) is 0 Å². The molecule has 2 fully saturated rings. The number of carbonyl (C=O) groups excluding carboxylic acids is 1. The van der Waals surface area contributed by atoms with Crippen molar-refractivity contribution in [2.75, 3.05) is 0 Å². The Balaban J connectivity index is 2.16. The number of fused-ring (bicyclic) bond motifs is 1. The molecular formula is C14H25NO. The number of carbonyl (C=O) groups is 1. The lowest BCUT2D eigenvalue weighted by atomic mass is 9.72. The van der Waals surface area contributed by atoms with E-state index in [4.69, 9.17) is 0 Å². The summed E-state index contributed by atoms with van der Waals surface area (Å²) in [5.41, 5.74) is 0.111. The van der Waals surface area contributed by atoms with Crippen LogP contribution in [0.1, 0.15) is 53.9 Å². The van der Waals surface area contributed by atoms with E-state index < -0.39 is 0 Å². The summed E-state index contributed by atoms with van der Waals surface area (Å²) >= 11 is 0. The predicted molar refractivity (Wildman–Crippen MR) is 66.4 cm³/mol. The Hall–Kier alpha value is -0.370. The van der Waals surface area contributed by atoms with E-state index in [-0.39, 0.29) is 11.0 Å². The second kappa shape index (κ2) is 3.56. The van der Waals surface area contributed by atoms with Gasteiger partial charge in [-0.15, -0.1) is 0 Å². The molecule has 0 aromatic carbocycles. The van der Waals surface area contributed by atoms with E-state index in [0.29, 0.717) is 12.0 Å². The summed E-state index contributed by atoms with van der Waals surface area (Å²) in [6.45, 7) is 11.1. The maximum atomic E-state index is 11.2. The third kappa shape index (κ3) is 1.81. The fourth-order valence-corrected chi connectivity index (χ4v) is 3.63. The van der Waals surface area contributed by atoms with E-state index in [1.165, 1.54) is 25.5 Å². The van der Waals surface area contributed by atoms with Gasteiger partial charge < -0.3 is 4.79 Å². The van der Waals surface area contributed by atoms with Crippen molar-refractivity contribution in [3.63, 3.8) is 0 Å². The molecule has 4 atom stereocenters. The zero-order valence-electron chi connectivity index (χ0n) is 11.3. The number of rotatable bonds is 2. The maximum Gasteiger partial charge on any atom is 0.125 e. The average Bonchev–Trinajstić information content (AvgIpc) is 2.90. The van der Waals surface area contributed by atoms with Crippen molar-refractivity contribution < 1.29 is 4.79 Å². The second-order valence-corrected chi connectivity index (χ2v) is 7.11. The molecule has 0 radical (unpaired) electrons. The lowest BCUT2D eigenvalue weighted by Crippen LogP contribution is -2.36. The first-order valence-corrected chi connectivity index (χ1v) is 6.54. The van der Waals surface area contributed by atoms with Crippen LogP contribution in [0.2, 0.25) is 0 Å². The standard InChI is InChI=1S/C14H25NO/c1-13(2,3)15-11-8-6-7-10(12(11)15)14(4,5)9-16/h9-12H,6-8H2,1-5H3/t10-,11+,12-,15?/m1/s1. The van der Waals surface area contributed by atoms with Crippen LogP contribution in [0.15, 0.2) is 0 Å². The predicted octanol–water partition coefficient (Wildman–Crippen LogP) is 2.86. The van der Waals surface area contributed by atoms with Crippen LogP contribution in [0.4, 0.5) is 0 Å². The van der Waals surface area contributed by atoms with Gasteiger partial charge in [0, 0.05) is 23.0 Å². The molecule has 1 unspecified atom stereocenters. The molecule has 2 rings (SSSR count). The molecule has 1 saturated heterocycles. The molecule has 1 aliphatic carbocycles. The Morgan fingerprint density at radius 3 is 2.25 bits per heavy atom. The first kappa shape index (κ1) is 12.1. The lowest BCUT2D eigenvalue weighted by Gasteiger charge is -2.32. The highest BCUT2D eigenvalue weighted by atomic mass is 16.1. The van der Waals surface area contributed by atoms with Crippen molar-refractivity contribution in [1.29, 1.82) is 0 Å². The number of likely N-dealkylation sites (tertiary alicyclic amines) is 1. The average molecular weight is 223 g/mol. The van der Waals surface area contributed by atoms with Gasteiger partial charge in [0.05, 0.1) is 0 Å². The summed E-state index contributed by atoms with van der Waals surface area (Å²) in [5.74, 6) is 0.558. The van der Waals surface area contributed by atoms with Crippen LogP contribution in [-0.2, 0) is 4.79 Å². The molecule has 1 heterocycles. The Kier molecular flexibility index (Phi) is 2.69. The van der Waals surface area contributed by atoms with Crippen molar-refractivity contribution in [2.45, 2.75) is 71.5 Å². The van der Waals surface area contributed by atoms with Gasteiger partial charge in [0.1, 0.15) is 6.29 Å². The Bertz CT molecular complexity index is 290. The van der Waals surface area contributed by atoms with E-state index in [1.807, 2.05) is 0 Å². The minimum Gasteiger partial charge on any atom is -0.303 e. The smallest absolute Gasteiger partial charge is 0.125 e. The number of hydrogen-bond acceptors (Lipinski definition) is 2. The molecule has 2 nitrogen and oxygen atoms in total. The molecule has 0 N–H and O–H groups in total. The second-order valence-electron chi connectivity index (χ2n) is 7.11. The van der Waals surface area contributed by atoms with E-state index in [9.17, 15) is 4.79 Å². The number of aldehydes is 1. The maximum absolute atomic E-state index is 11.2. The van der Waals surface area contributed by atoms with Gasteiger partial charge in [0.25, 0.3) is 0 Å². The molecule has 0 aromatic heterocycles. The number of hydrogen-bond donors (Lipinski definition) is 0. The molecule has 0 amide bonds. The van der Waals surface area contributed by atoms with Crippen molar-refractivity contribution in [1.82, 2.24) is 4.90 Å². The highest BCUT2D eigenvalue weighted by Crippen LogP contribution is 2.53. The molecule has 92 valence electrons. The third-order valence-corrected chi connectivity index (χ3v) is 4.44. The summed E-state index contributed by atoms with van der Waals surface area (Å²) in [5, 5.41) is 0. The fourth-order valence-electron chi connectivity index (χ4n) is 3.63. The summed E-state index contributed by atoms with van der Waals surface area (Å²) in [6, 6.07) is 1.41. The SMILES string of the molecule is CC(C)(C=O)[C@@H]1CCC[C@H]2[C@@H]1N2C(C)(C)C. The van der Waals surface area contributed by atoms with Gasteiger partial charge in [-0.05, 0) is 39.5 Å². The van der Waals surface area contributed by atoms with Gasteiger partial charge in [-0.25, -0.2) is 0 Å². The summed E-state index contributed by atoms with van der Waals surface area (Å²) < 4.78 is 0. The van der Waals surface area contributed by atoms with Crippen LogP contribution in [0, 0.1) is 11.3 Å². The summed E-state index contributed by atoms with van der Waals surface area (Å²) in [4.78, 5) is 13.8.